The maximum Gasteiger partial charge on any atom is 0.251 e. The van der Waals surface area contributed by atoms with Crippen molar-refractivity contribution in [1.29, 1.82) is 0 Å². The van der Waals surface area contributed by atoms with Gasteiger partial charge in [-0.05, 0) is 38.8 Å². The average molecular weight is 397 g/mol. The van der Waals surface area contributed by atoms with E-state index in [1.54, 1.807) is 18.3 Å². The number of aromatic nitrogens is 2. The van der Waals surface area contributed by atoms with Crippen LogP contribution < -0.4 is 16.0 Å². The number of benzene rings is 1. The average Bonchev–Trinajstić information content (AvgIpc) is 3.31. The normalized spacial score (nSPS) is 13.9. The number of amides is 3. The standard InChI is InChI=1S/C21H27N5O3/c1-14-7-15(2)9-16(8-14)21(29)22-11-19(27)25-18-10-23-26(12-18)13-20(28)24-17-5-3-4-6-17/h7-10,12,17H,3-6,11,13H2,1-2H3,(H,22,29)(H,24,28)(H,25,27). The van der Waals surface area contributed by atoms with E-state index in [0.29, 0.717) is 11.3 Å². The molecule has 29 heavy (non-hydrogen) atoms. The van der Waals surface area contributed by atoms with Crippen molar-refractivity contribution < 1.29 is 14.4 Å². The molecule has 2 aromatic rings. The first-order valence-electron chi connectivity index (χ1n) is 9.87. The zero-order valence-electron chi connectivity index (χ0n) is 16.8. The van der Waals surface area contributed by atoms with Gasteiger partial charge in [-0.25, -0.2) is 0 Å². The van der Waals surface area contributed by atoms with Gasteiger partial charge < -0.3 is 16.0 Å². The number of anilines is 1. The first kappa shape index (κ1) is 20.6. The highest BCUT2D eigenvalue weighted by Crippen LogP contribution is 2.17. The maximum atomic E-state index is 12.2. The molecule has 1 saturated carbocycles. The number of carbonyl (C=O) groups excluding carboxylic acids is 3. The number of hydrogen-bond donors (Lipinski definition) is 3. The summed E-state index contributed by atoms with van der Waals surface area (Å²) in [5, 5.41) is 12.4. The summed E-state index contributed by atoms with van der Waals surface area (Å²) in [5.74, 6) is -0.748. The fourth-order valence-electron chi connectivity index (χ4n) is 3.58. The second-order valence-corrected chi connectivity index (χ2v) is 7.58. The number of aryl methyl sites for hydroxylation is 2. The molecule has 1 fully saturated rings. The van der Waals surface area contributed by atoms with Gasteiger partial charge in [-0.2, -0.15) is 5.10 Å². The molecule has 8 nitrogen and oxygen atoms in total. The Morgan fingerprint density at radius 2 is 1.76 bits per heavy atom. The Hall–Kier alpha value is -3.16. The minimum absolute atomic E-state index is 0.0846. The van der Waals surface area contributed by atoms with E-state index in [9.17, 15) is 14.4 Å². The number of nitrogens with one attached hydrogen (secondary N) is 3. The van der Waals surface area contributed by atoms with Crippen LogP contribution in [0.1, 0.15) is 47.2 Å². The molecule has 3 amide bonds. The zero-order valence-corrected chi connectivity index (χ0v) is 16.8. The number of carbonyl (C=O) groups is 3. The van der Waals surface area contributed by atoms with Crippen molar-refractivity contribution in [2.24, 2.45) is 0 Å². The van der Waals surface area contributed by atoms with Crippen LogP contribution in [0.25, 0.3) is 0 Å². The predicted molar refractivity (Wildman–Crippen MR) is 110 cm³/mol. The van der Waals surface area contributed by atoms with Gasteiger partial charge in [0.15, 0.2) is 0 Å². The van der Waals surface area contributed by atoms with E-state index in [4.69, 9.17) is 0 Å². The number of hydrogen-bond acceptors (Lipinski definition) is 4. The van der Waals surface area contributed by atoms with E-state index >= 15 is 0 Å². The van der Waals surface area contributed by atoms with E-state index in [-0.39, 0.29) is 36.9 Å². The minimum atomic E-state index is -0.363. The lowest BCUT2D eigenvalue weighted by Crippen LogP contribution is -2.35. The van der Waals surface area contributed by atoms with Crippen molar-refractivity contribution in [2.75, 3.05) is 11.9 Å². The van der Waals surface area contributed by atoms with Gasteiger partial charge in [0.05, 0.1) is 18.4 Å². The quantitative estimate of drug-likeness (QED) is 0.664. The smallest absolute Gasteiger partial charge is 0.251 e. The summed E-state index contributed by atoms with van der Waals surface area (Å²) in [5.41, 5.74) is 2.98. The van der Waals surface area contributed by atoms with E-state index in [2.05, 4.69) is 21.0 Å². The Bertz CT molecular complexity index is 879. The molecule has 0 spiro atoms. The van der Waals surface area contributed by atoms with Crippen molar-refractivity contribution in [1.82, 2.24) is 20.4 Å². The van der Waals surface area contributed by atoms with Gasteiger partial charge in [-0.3, -0.25) is 19.1 Å². The van der Waals surface area contributed by atoms with E-state index < -0.39 is 0 Å². The Morgan fingerprint density at radius 1 is 1.07 bits per heavy atom. The molecule has 0 aliphatic heterocycles. The van der Waals surface area contributed by atoms with Crippen LogP contribution in [0.4, 0.5) is 5.69 Å². The summed E-state index contributed by atoms with van der Waals surface area (Å²) in [6.07, 6.45) is 7.44. The lowest BCUT2D eigenvalue weighted by atomic mass is 10.1. The van der Waals surface area contributed by atoms with Crippen molar-refractivity contribution in [3.05, 3.63) is 47.3 Å². The molecular weight excluding hydrogens is 370 g/mol. The molecule has 1 aromatic carbocycles. The maximum absolute atomic E-state index is 12.2. The number of nitrogens with zero attached hydrogens (tertiary/aromatic N) is 2. The van der Waals surface area contributed by atoms with Crippen molar-refractivity contribution >= 4 is 23.4 Å². The van der Waals surface area contributed by atoms with Crippen LogP contribution in [0.2, 0.25) is 0 Å². The van der Waals surface area contributed by atoms with E-state index in [1.165, 1.54) is 10.9 Å². The fourth-order valence-corrected chi connectivity index (χ4v) is 3.58. The fraction of sp³-hybridized carbons (Fsp3) is 0.429. The Kier molecular flexibility index (Phi) is 6.64. The van der Waals surface area contributed by atoms with Crippen LogP contribution in [0.3, 0.4) is 0 Å². The molecule has 0 unspecified atom stereocenters. The highest BCUT2D eigenvalue weighted by Gasteiger charge is 2.17. The highest BCUT2D eigenvalue weighted by molar-refractivity contribution is 5.99. The topological polar surface area (TPSA) is 105 Å². The lowest BCUT2D eigenvalue weighted by molar-refractivity contribution is -0.122. The van der Waals surface area contributed by atoms with Crippen LogP contribution in [-0.2, 0) is 16.1 Å². The lowest BCUT2D eigenvalue weighted by Gasteiger charge is -2.11. The van der Waals surface area contributed by atoms with Crippen LogP contribution in [-0.4, -0.2) is 40.1 Å². The summed E-state index contributed by atoms with van der Waals surface area (Å²) >= 11 is 0. The van der Waals surface area contributed by atoms with Crippen LogP contribution in [0.5, 0.6) is 0 Å². The molecule has 1 heterocycles. The van der Waals surface area contributed by atoms with Crippen LogP contribution in [0, 0.1) is 13.8 Å². The Labute approximate surface area is 170 Å². The van der Waals surface area contributed by atoms with Gasteiger partial charge in [0, 0.05) is 17.8 Å². The minimum Gasteiger partial charge on any atom is -0.352 e. The molecule has 0 bridgehead atoms. The monoisotopic (exact) mass is 397 g/mol. The third-order valence-corrected chi connectivity index (χ3v) is 4.84. The van der Waals surface area contributed by atoms with Gasteiger partial charge in [0.2, 0.25) is 11.8 Å². The van der Waals surface area contributed by atoms with Gasteiger partial charge in [-0.1, -0.05) is 30.0 Å². The first-order valence-corrected chi connectivity index (χ1v) is 9.87. The Morgan fingerprint density at radius 3 is 2.45 bits per heavy atom. The van der Waals surface area contributed by atoms with Crippen LogP contribution >= 0.6 is 0 Å². The summed E-state index contributed by atoms with van der Waals surface area (Å²) in [6, 6.07) is 5.80. The highest BCUT2D eigenvalue weighted by atomic mass is 16.2. The zero-order chi connectivity index (χ0) is 20.8. The molecular formula is C21H27N5O3. The van der Waals surface area contributed by atoms with Crippen molar-refractivity contribution in [3.63, 3.8) is 0 Å². The van der Waals surface area contributed by atoms with Gasteiger partial charge >= 0.3 is 0 Å². The van der Waals surface area contributed by atoms with E-state index in [0.717, 1.165) is 36.8 Å². The van der Waals surface area contributed by atoms with Gasteiger partial charge in [0.1, 0.15) is 6.54 Å². The first-order chi connectivity index (χ1) is 13.9. The molecule has 1 aliphatic carbocycles. The second kappa shape index (κ2) is 9.36. The number of rotatable bonds is 7. The predicted octanol–water partition coefficient (Wildman–Crippen LogP) is 1.93. The van der Waals surface area contributed by atoms with Crippen molar-refractivity contribution in [3.8, 4) is 0 Å². The Balaban J connectivity index is 1.44. The summed E-state index contributed by atoms with van der Waals surface area (Å²) < 4.78 is 1.48. The SMILES string of the molecule is Cc1cc(C)cc(C(=O)NCC(=O)Nc2cnn(CC(=O)NC3CCCC3)c2)c1. The molecule has 154 valence electrons. The largest absolute Gasteiger partial charge is 0.352 e. The molecule has 1 aliphatic rings. The van der Waals surface area contributed by atoms with Gasteiger partial charge in [-0.15, -0.1) is 0 Å². The molecule has 3 rings (SSSR count). The molecule has 1 aromatic heterocycles. The summed E-state index contributed by atoms with van der Waals surface area (Å²) in [7, 11) is 0. The van der Waals surface area contributed by atoms with Crippen molar-refractivity contribution in [2.45, 2.75) is 52.1 Å². The van der Waals surface area contributed by atoms with E-state index in [1.807, 2.05) is 19.9 Å². The second-order valence-electron chi connectivity index (χ2n) is 7.58. The summed E-state index contributed by atoms with van der Waals surface area (Å²) in [4.78, 5) is 36.4. The van der Waals surface area contributed by atoms with Crippen LogP contribution in [0.15, 0.2) is 30.6 Å². The molecule has 3 N–H and O–H groups in total. The summed E-state index contributed by atoms with van der Waals surface area (Å²) in [6.45, 7) is 3.79. The molecule has 0 saturated heterocycles. The third kappa shape index (κ3) is 6.17. The third-order valence-electron chi connectivity index (χ3n) is 4.84. The molecule has 0 atom stereocenters. The molecule has 0 radical (unpaired) electrons. The van der Waals surface area contributed by atoms with Gasteiger partial charge in [0.25, 0.3) is 5.91 Å². The molecule has 8 heteroatoms.